The van der Waals surface area contributed by atoms with E-state index in [4.69, 9.17) is 5.11 Å². The Morgan fingerprint density at radius 1 is 1.00 bits per heavy atom. The van der Waals surface area contributed by atoms with E-state index in [0.717, 1.165) is 0 Å². The molecule has 0 aromatic carbocycles. The maximum Gasteiger partial charge on any atom is 0.326 e. The number of carbonyl (C=O) groups excluding carboxylic acids is 2. The van der Waals surface area contributed by atoms with Crippen LogP contribution in [0.15, 0.2) is 0 Å². The zero-order chi connectivity index (χ0) is 16.4. The van der Waals surface area contributed by atoms with E-state index in [1.54, 1.807) is 13.8 Å². The summed E-state index contributed by atoms with van der Waals surface area (Å²) in [5, 5.41) is 16.8. The summed E-state index contributed by atoms with van der Waals surface area (Å²) in [6, 6.07) is -1.44. The van der Waals surface area contributed by atoms with E-state index >= 15 is 0 Å². The standard InChI is InChI=1S/C14H27N3O4.CH4/c1-9(2)12(18)15-8-6-5-7-11(13(19)20)17-14(21)16-10(3)4;/h9-11H,5-8H2,1-4H3,(H,15,18)(H,19,20)(H2,16,17,21);1H4. The third-order valence-electron chi connectivity index (χ3n) is 2.77. The number of carboxylic acids is 1. The second-order valence-corrected chi connectivity index (χ2v) is 5.60. The van der Waals surface area contributed by atoms with Crippen molar-refractivity contribution in [3.05, 3.63) is 0 Å². The Balaban J connectivity index is 0. The van der Waals surface area contributed by atoms with Crippen LogP contribution in [0.3, 0.4) is 0 Å². The van der Waals surface area contributed by atoms with Crippen LogP contribution in [0.1, 0.15) is 54.4 Å². The lowest BCUT2D eigenvalue weighted by molar-refractivity contribution is -0.139. The van der Waals surface area contributed by atoms with Crippen LogP contribution in [0.2, 0.25) is 0 Å². The molecule has 1 atom stereocenters. The van der Waals surface area contributed by atoms with Crippen molar-refractivity contribution in [1.29, 1.82) is 0 Å². The van der Waals surface area contributed by atoms with E-state index < -0.39 is 18.0 Å². The van der Waals surface area contributed by atoms with Crippen molar-refractivity contribution in [1.82, 2.24) is 16.0 Å². The zero-order valence-electron chi connectivity index (χ0n) is 13.2. The van der Waals surface area contributed by atoms with Gasteiger partial charge in [0.15, 0.2) is 0 Å². The number of hydrogen-bond donors (Lipinski definition) is 4. The fourth-order valence-corrected chi connectivity index (χ4v) is 1.61. The van der Waals surface area contributed by atoms with Crippen LogP contribution < -0.4 is 16.0 Å². The maximum atomic E-state index is 11.5. The predicted molar refractivity (Wildman–Crippen MR) is 86.7 cm³/mol. The van der Waals surface area contributed by atoms with Gasteiger partial charge >= 0.3 is 12.0 Å². The molecule has 0 spiro atoms. The van der Waals surface area contributed by atoms with Gasteiger partial charge in [0.25, 0.3) is 0 Å². The van der Waals surface area contributed by atoms with Crippen molar-refractivity contribution >= 4 is 17.9 Å². The summed E-state index contributed by atoms with van der Waals surface area (Å²) >= 11 is 0. The minimum absolute atomic E-state index is 0. The Bertz CT molecular complexity index is 357. The molecule has 3 amide bonds. The van der Waals surface area contributed by atoms with Gasteiger partial charge in [-0.2, -0.15) is 0 Å². The molecule has 0 fully saturated rings. The third-order valence-corrected chi connectivity index (χ3v) is 2.77. The lowest BCUT2D eigenvalue weighted by atomic mass is 10.1. The van der Waals surface area contributed by atoms with E-state index in [0.29, 0.717) is 25.8 Å². The lowest BCUT2D eigenvalue weighted by Crippen LogP contribution is -2.47. The molecular weight excluding hydrogens is 286 g/mol. The Hall–Kier alpha value is -1.79. The van der Waals surface area contributed by atoms with Crippen LogP contribution in [0.4, 0.5) is 4.79 Å². The van der Waals surface area contributed by atoms with E-state index in [9.17, 15) is 14.4 Å². The van der Waals surface area contributed by atoms with Gasteiger partial charge in [0.05, 0.1) is 0 Å². The molecule has 0 bridgehead atoms. The minimum Gasteiger partial charge on any atom is -0.480 e. The fraction of sp³-hybridized carbons (Fsp3) is 0.800. The minimum atomic E-state index is -1.06. The van der Waals surface area contributed by atoms with Gasteiger partial charge in [-0.25, -0.2) is 9.59 Å². The van der Waals surface area contributed by atoms with Crippen molar-refractivity contribution in [2.24, 2.45) is 5.92 Å². The van der Waals surface area contributed by atoms with Crippen LogP contribution in [0.5, 0.6) is 0 Å². The summed E-state index contributed by atoms with van der Waals surface area (Å²) in [6.07, 6.45) is 1.62. The molecule has 7 heteroatoms. The summed E-state index contributed by atoms with van der Waals surface area (Å²) in [5.74, 6) is -1.13. The molecule has 0 heterocycles. The Kier molecular flexibility index (Phi) is 12.1. The third kappa shape index (κ3) is 10.9. The van der Waals surface area contributed by atoms with Gasteiger partial charge in [-0.05, 0) is 33.1 Å². The van der Waals surface area contributed by atoms with Crippen molar-refractivity contribution in [2.75, 3.05) is 6.54 Å². The quantitative estimate of drug-likeness (QED) is 0.486. The molecule has 130 valence electrons. The summed E-state index contributed by atoms with van der Waals surface area (Å²) in [4.78, 5) is 33.9. The molecule has 0 aliphatic rings. The highest BCUT2D eigenvalue weighted by Gasteiger charge is 2.19. The van der Waals surface area contributed by atoms with Gasteiger partial charge in [0, 0.05) is 18.5 Å². The fourth-order valence-electron chi connectivity index (χ4n) is 1.61. The highest BCUT2D eigenvalue weighted by Crippen LogP contribution is 2.02. The molecule has 0 saturated carbocycles. The molecule has 0 radical (unpaired) electrons. The first-order valence-electron chi connectivity index (χ1n) is 7.31. The zero-order valence-corrected chi connectivity index (χ0v) is 13.2. The molecule has 0 aliphatic carbocycles. The average Bonchev–Trinajstić information content (AvgIpc) is 2.35. The molecule has 7 nitrogen and oxygen atoms in total. The van der Waals surface area contributed by atoms with Crippen LogP contribution in [0, 0.1) is 5.92 Å². The Morgan fingerprint density at radius 3 is 2.05 bits per heavy atom. The number of carbonyl (C=O) groups is 3. The van der Waals surface area contributed by atoms with E-state index in [1.165, 1.54) is 0 Å². The van der Waals surface area contributed by atoms with Crippen LogP contribution in [0.25, 0.3) is 0 Å². The number of amides is 3. The van der Waals surface area contributed by atoms with Gasteiger partial charge in [-0.15, -0.1) is 0 Å². The van der Waals surface area contributed by atoms with Crippen LogP contribution in [-0.4, -0.2) is 41.6 Å². The lowest BCUT2D eigenvalue weighted by Gasteiger charge is -2.16. The average molecular weight is 317 g/mol. The molecule has 4 N–H and O–H groups in total. The smallest absolute Gasteiger partial charge is 0.326 e. The summed E-state index contributed by atoms with van der Waals surface area (Å²) in [7, 11) is 0. The largest absolute Gasteiger partial charge is 0.480 e. The van der Waals surface area contributed by atoms with Gasteiger partial charge in [0.2, 0.25) is 5.91 Å². The van der Waals surface area contributed by atoms with Crippen molar-refractivity contribution in [2.45, 2.75) is 66.5 Å². The second kappa shape index (κ2) is 11.8. The van der Waals surface area contributed by atoms with Crippen molar-refractivity contribution < 1.29 is 19.5 Å². The Morgan fingerprint density at radius 2 is 1.59 bits per heavy atom. The molecular formula is C15H31N3O4. The summed E-state index contributed by atoms with van der Waals surface area (Å²) in [5.41, 5.74) is 0. The number of aliphatic carboxylic acids is 1. The first-order chi connectivity index (χ1) is 9.73. The number of unbranched alkanes of at least 4 members (excludes halogenated alkanes) is 1. The van der Waals surface area contributed by atoms with Gasteiger partial charge in [-0.3, -0.25) is 4.79 Å². The molecule has 0 saturated heterocycles. The topological polar surface area (TPSA) is 108 Å². The van der Waals surface area contributed by atoms with E-state index in [1.807, 2.05) is 13.8 Å². The molecule has 0 aliphatic heterocycles. The molecule has 0 aromatic rings. The van der Waals surface area contributed by atoms with Crippen molar-refractivity contribution in [3.63, 3.8) is 0 Å². The predicted octanol–water partition coefficient (Wildman–Crippen LogP) is 1.73. The van der Waals surface area contributed by atoms with E-state index in [2.05, 4.69) is 16.0 Å². The molecule has 0 aromatic heterocycles. The van der Waals surface area contributed by atoms with Gasteiger partial charge < -0.3 is 21.1 Å². The number of carboxylic acid groups (broad SMARTS) is 1. The van der Waals surface area contributed by atoms with Crippen molar-refractivity contribution in [3.8, 4) is 0 Å². The SMILES string of the molecule is C.CC(C)NC(=O)NC(CCCCNC(=O)C(C)C)C(=O)O. The van der Waals surface area contributed by atoms with Gasteiger partial charge in [0.1, 0.15) is 6.04 Å². The number of rotatable bonds is 9. The normalized spacial score (nSPS) is 11.5. The highest BCUT2D eigenvalue weighted by molar-refractivity contribution is 5.82. The van der Waals surface area contributed by atoms with Crippen LogP contribution >= 0.6 is 0 Å². The summed E-state index contributed by atoms with van der Waals surface area (Å²) in [6.45, 7) is 7.74. The number of hydrogen-bond acceptors (Lipinski definition) is 3. The first kappa shape index (κ1) is 22.5. The van der Waals surface area contributed by atoms with Crippen LogP contribution in [-0.2, 0) is 9.59 Å². The van der Waals surface area contributed by atoms with E-state index in [-0.39, 0.29) is 25.3 Å². The first-order valence-corrected chi connectivity index (χ1v) is 7.31. The summed E-state index contributed by atoms with van der Waals surface area (Å²) < 4.78 is 0. The monoisotopic (exact) mass is 317 g/mol. The maximum absolute atomic E-state index is 11.5. The second-order valence-electron chi connectivity index (χ2n) is 5.60. The molecule has 0 rings (SSSR count). The number of urea groups is 1. The molecule has 1 unspecified atom stereocenters. The van der Waals surface area contributed by atoms with Gasteiger partial charge in [-0.1, -0.05) is 21.3 Å². The molecule has 22 heavy (non-hydrogen) atoms. The highest BCUT2D eigenvalue weighted by atomic mass is 16.4. The number of nitrogens with one attached hydrogen (secondary N) is 3. The Labute approximate surface area is 133 Å².